The van der Waals surface area contributed by atoms with Gasteiger partial charge in [-0.25, -0.2) is 0 Å². The zero-order valence-corrected chi connectivity index (χ0v) is 12.9. The van der Waals surface area contributed by atoms with Gasteiger partial charge in [-0.1, -0.05) is 6.92 Å². The van der Waals surface area contributed by atoms with Gasteiger partial charge in [-0.15, -0.1) is 0 Å². The van der Waals surface area contributed by atoms with Gasteiger partial charge in [-0.3, -0.25) is 9.88 Å². The normalized spacial score (nSPS) is 11.0. The van der Waals surface area contributed by atoms with Gasteiger partial charge in [0.1, 0.15) is 0 Å². The van der Waals surface area contributed by atoms with E-state index in [9.17, 15) is 0 Å². The van der Waals surface area contributed by atoms with Crippen LogP contribution in [0.2, 0.25) is 0 Å². The number of rotatable bonds is 11. The molecule has 0 aliphatic rings. The predicted octanol–water partition coefficient (Wildman–Crippen LogP) is 2.00. The summed E-state index contributed by atoms with van der Waals surface area (Å²) in [6, 6.07) is 4.12. The minimum Gasteiger partial charge on any atom is -0.385 e. The first-order valence-corrected chi connectivity index (χ1v) is 7.19. The molecule has 0 unspecified atom stereocenters. The molecule has 20 heavy (non-hydrogen) atoms. The van der Waals surface area contributed by atoms with E-state index in [4.69, 9.17) is 9.47 Å². The summed E-state index contributed by atoms with van der Waals surface area (Å²) in [5.74, 6) is 0. The summed E-state index contributed by atoms with van der Waals surface area (Å²) < 4.78 is 10.3. The number of aromatic nitrogens is 1. The smallest absolute Gasteiger partial charge is 0.0589 e. The molecule has 1 N–H and O–H groups in total. The molecule has 0 aliphatic carbocycles. The van der Waals surface area contributed by atoms with Crippen LogP contribution in [-0.4, -0.2) is 57.0 Å². The molecule has 0 spiro atoms. The average molecular weight is 281 g/mol. The van der Waals surface area contributed by atoms with E-state index in [1.807, 2.05) is 12.3 Å². The Balaban J connectivity index is 2.56. The third-order valence-corrected chi connectivity index (χ3v) is 3.00. The molecule has 0 amide bonds. The molecular formula is C15H27N3O2. The molecule has 0 radical (unpaired) electrons. The summed E-state index contributed by atoms with van der Waals surface area (Å²) in [5.41, 5.74) is 2.20. The molecule has 0 fully saturated rings. The van der Waals surface area contributed by atoms with Crippen LogP contribution >= 0.6 is 0 Å². The molecule has 1 aromatic heterocycles. The van der Waals surface area contributed by atoms with Crippen molar-refractivity contribution in [3.05, 3.63) is 24.0 Å². The fourth-order valence-electron chi connectivity index (χ4n) is 1.88. The minimum absolute atomic E-state index is 0.720. The van der Waals surface area contributed by atoms with Crippen molar-refractivity contribution in [3.8, 4) is 0 Å². The topological polar surface area (TPSA) is 46.6 Å². The maximum absolute atomic E-state index is 5.15. The number of methoxy groups -OCH3 is 2. The largest absolute Gasteiger partial charge is 0.385 e. The molecule has 1 heterocycles. The van der Waals surface area contributed by atoms with Gasteiger partial charge in [0.05, 0.1) is 18.9 Å². The van der Waals surface area contributed by atoms with Gasteiger partial charge in [-0.05, 0) is 18.6 Å². The Kier molecular flexibility index (Phi) is 8.95. The SMILES string of the molecule is CCCNc1ccnc(CN(CCOC)CCOC)c1. The maximum atomic E-state index is 5.15. The van der Waals surface area contributed by atoms with Crippen LogP contribution in [0.3, 0.4) is 0 Å². The van der Waals surface area contributed by atoms with Crippen LogP contribution in [0, 0.1) is 0 Å². The Hall–Kier alpha value is -1.17. The molecule has 0 atom stereocenters. The summed E-state index contributed by atoms with van der Waals surface area (Å²) in [6.07, 6.45) is 2.98. The lowest BCUT2D eigenvalue weighted by molar-refractivity contribution is 0.109. The van der Waals surface area contributed by atoms with E-state index in [2.05, 4.69) is 28.2 Å². The van der Waals surface area contributed by atoms with Gasteiger partial charge in [0.15, 0.2) is 0 Å². The van der Waals surface area contributed by atoms with E-state index in [0.717, 1.165) is 57.2 Å². The van der Waals surface area contributed by atoms with Crippen molar-refractivity contribution >= 4 is 5.69 Å². The number of nitrogens with zero attached hydrogens (tertiary/aromatic N) is 2. The second kappa shape index (κ2) is 10.6. The maximum Gasteiger partial charge on any atom is 0.0589 e. The van der Waals surface area contributed by atoms with Gasteiger partial charge >= 0.3 is 0 Å². The van der Waals surface area contributed by atoms with Gasteiger partial charge in [0, 0.05) is 52.3 Å². The molecule has 1 aromatic rings. The second-order valence-electron chi connectivity index (χ2n) is 4.72. The van der Waals surface area contributed by atoms with E-state index in [1.54, 1.807) is 14.2 Å². The predicted molar refractivity (Wildman–Crippen MR) is 82.0 cm³/mol. The Morgan fingerprint density at radius 1 is 1.20 bits per heavy atom. The number of anilines is 1. The summed E-state index contributed by atoms with van der Waals surface area (Å²) in [4.78, 5) is 6.73. The van der Waals surface area contributed by atoms with Gasteiger partial charge < -0.3 is 14.8 Å². The fourth-order valence-corrected chi connectivity index (χ4v) is 1.88. The molecule has 1 rings (SSSR count). The summed E-state index contributed by atoms with van der Waals surface area (Å²) >= 11 is 0. The van der Waals surface area contributed by atoms with E-state index < -0.39 is 0 Å². The summed E-state index contributed by atoms with van der Waals surface area (Å²) in [7, 11) is 3.45. The second-order valence-corrected chi connectivity index (χ2v) is 4.72. The highest BCUT2D eigenvalue weighted by atomic mass is 16.5. The van der Waals surface area contributed by atoms with Crippen LogP contribution in [0.4, 0.5) is 5.69 Å². The fraction of sp³-hybridized carbons (Fsp3) is 0.667. The molecule has 0 saturated heterocycles. The van der Waals surface area contributed by atoms with Gasteiger partial charge in [0.25, 0.3) is 0 Å². The van der Waals surface area contributed by atoms with Crippen molar-refractivity contribution in [2.24, 2.45) is 0 Å². The Bertz CT molecular complexity index is 353. The third kappa shape index (κ3) is 6.84. The van der Waals surface area contributed by atoms with Crippen LogP contribution in [-0.2, 0) is 16.0 Å². The van der Waals surface area contributed by atoms with Crippen LogP contribution in [0.1, 0.15) is 19.0 Å². The number of pyridine rings is 1. The molecule has 0 aromatic carbocycles. The van der Waals surface area contributed by atoms with E-state index >= 15 is 0 Å². The first kappa shape index (κ1) is 16.9. The molecule has 0 aliphatic heterocycles. The number of ether oxygens (including phenoxy) is 2. The standard InChI is InChI=1S/C15H27N3O2/c1-4-6-16-14-5-7-17-15(12-14)13-18(8-10-19-2)9-11-20-3/h5,7,12H,4,6,8-11,13H2,1-3H3,(H,16,17). The minimum atomic E-state index is 0.720. The number of hydrogen-bond acceptors (Lipinski definition) is 5. The van der Waals surface area contributed by atoms with Crippen molar-refractivity contribution in [2.75, 3.05) is 52.4 Å². The zero-order valence-electron chi connectivity index (χ0n) is 12.9. The van der Waals surface area contributed by atoms with Crippen molar-refractivity contribution in [3.63, 3.8) is 0 Å². The van der Waals surface area contributed by atoms with E-state index in [1.165, 1.54) is 0 Å². The molecule has 0 bridgehead atoms. The van der Waals surface area contributed by atoms with Gasteiger partial charge in [-0.2, -0.15) is 0 Å². The Morgan fingerprint density at radius 3 is 2.50 bits per heavy atom. The highest BCUT2D eigenvalue weighted by Gasteiger charge is 2.07. The quantitative estimate of drug-likeness (QED) is 0.672. The van der Waals surface area contributed by atoms with Crippen LogP contribution in [0.15, 0.2) is 18.3 Å². The lowest BCUT2D eigenvalue weighted by atomic mass is 10.3. The van der Waals surface area contributed by atoms with Crippen molar-refractivity contribution in [1.29, 1.82) is 0 Å². The number of nitrogens with one attached hydrogen (secondary N) is 1. The van der Waals surface area contributed by atoms with Crippen molar-refractivity contribution in [2.45, 2.75) is 19.9 Å². The van der Waals surface area contributed by atoms with E-state index in [-0.39, 0.29) is 0 Å². The van der Waals surface area contributed by atoms with Crippen molar-refractivity contribution < 1.29 is 9.47 Å². The first-order chi connectivity index (χ1) is 9.80. The third-order valence-electron chi connectivity index (χ3n) is 3.00. The van der Waals surface area contributed by atoms with Crippen molar-refractivity contribution in [1.82, 2.24) is 9.88 Å². The molecule has 5 nitrogen and oxygen atoms in total. The lowest BCUT2D eigenvalue weighted by Gasteiger charge is -2.21. The van der Waals surface area contributed by atoms with E-state index in [0.29, 0.717) is 0 Å². The molecule has 0 saturated carbocycles. The van der Waals surface area contributed by atoms with Crippen LogP contribution < -0.4 is 5.32 Å². The molecular weight excluding hydrogens is 254 g/mol. The van der Waals surface area contributed by atoms with Crippen LogP contribution in [0.5, 0.6) is 0 Å². The van der Waals surface area contributed by atoms with Gasteiger partial charge in [0.2, 0.25) is 0 Å². The highest BCUT2D eigenvalue weighted by molar-refractivity contribution is 5.43. The Morgan fingerprint density at radius 2 is 1.90 bits per heavy atom. The lowest BCUT2D eigenvalue weighted by Crippen LogP contribution is -2.30. The Labute approximate surface area is 122 Å². The average Bonchev–Trinajstić information content (AvgIpc) is 2.48. The highest BCUT2D eigenvalue weighted by Crippen LogP contribution is 2.10. The summed E-state index contributed by atoms with van der Waals surface area (Å²) in [5, 5.41) is 3.39. The monoisotopic (exact) mass is 281 g/mol. The van der Waals surface area contributed by atoms with Crippen LogP contribution in [0.25, 0.3) is 0 Å². The first-order valence-electron chi connectivity index (χ1n) is 7.19. The molecule has 5 heteroatoms. The zero-order chi connectivity index (χ0) is 14.6. The number of hydrogen-bond donors (Lipinski definition) is 1. The summed E-state index contributed by atoms with van der Waals surface area (Å²) in [6.45, 7) is 7.17. The molecule has 114 valence electrons.